The Bertz CT molecular complexity index is 1170. The molecule has 0 unspecified atom stereocenters. The Morgan fingerprint density at radius 3 is 2.70 bits per heavy atom. The van der Waals surface area contributed by atoms with E-state index in [0.717, 1.165) is 41.1 Å². The molecular weight excluding hydrogens is 360 g/mol. The fourth-order valence-electron chi connectivity index (χ4n) is 3.80. The Morgan fingerprint density at radius 1 is 1.22 bits per heavy atom. The predicted molar refractivity (Wildman–Crippen MR) is 108 cm³/mol. The molecule has 0 saturated heterocycles. The molecule has 1 aliphatic rings. The average molecular weight is 385 g/mol. The van der Waals surface area contributed by atoms with Gasteiger partial charge >= 0.3 is 0 Å². The predicted octanol–water partition coefficient (Wildman–Crippen LogP) is 3.49. The summed E-state index contributed by atoms with van der Waals surface area (Å²) >= 11 is 0. The van der Waals surface area contributed by atoms with Crippen LogP contribution in [0.15, 0.2) is 41.5 Å². The standard InChI is InChI=1S/C21H24N2O3S/c1-14-11-19(23-10-9-22-21(24)20(14)23)18-12-16(13-27(2,25)26)6-8-17(18)7-5-15-3-4-15/h6,8-12,15H,3-5,7,13H2,1-2H3,(H,22,24). The summed E-state index contributed by atoms with van der Waals surface area (Å²) in [5.41, 5.74) is 5.37. The van der Waals surface area contributed by atoms with Crippen molar-refractivity contribution < 1.29 is 8.42 Å². The molecule has 27 heavy (non-hydrogen) atoms. The van der Waals surface area contributed by atoms with E-state index in [1.807, 2.05) is 35.7 Å². The third-order valence-corrected chi connectivity index (χ3v) is 6.14. The van der Waals surface area contributed by atoms with Crippen molar-refractivity contribution in [2.75, 3.05) is 6.26 Å². The number of nitrogens with one attached hydrogen (secondary N) is 1. The summed E-state index contributed by atoms with van der Waals surface area (Å²) in [4.78, 5) is 15.0. The molecule has 0 amide bonds. The number of aromatic nitrogens is 2. The van der Waals surface area contributed by atoms with Crippen molar-refractivity contribution in [3.8, 4) is 11.3 Å². The van der Waals surface area contributed by atoms with E-state index in [9.17, 15) is 13.2 Å². The lowest BCUT2D eigenvalue weighted by Crippen LogP contribution is -2.09. The zero-order valence-corrected chi connectivity index (χ0v) is 16.5. The van der Waals surface area contributed by atoms with Crippen LogP contribution in [-0.4, -0.2) is 24.1 Å². The molecule has 142 valence electrons. The molecule has 0 spiro atoms. The third kappa shape index (κ3) is 3.86. The fraction of sp³-hybridized carbons (Fsp3) is 0.381. The van der Waals surface area contributed by atoms with E-state index in [0.29, 0.717) is 5.52 Å². The molecule has 1 saturated carbocycles. The SMILES string of the molecule is Cc1cc(-c2cc(CS(C)(=O)=O)ccc2CCC2CC2)n2cc[nH]c(=O)c12. The van der Waals surface area contributed by atoms with Gasteiger partial charge in [-0.1, -0.05) is 25.0 Å². The highest BCUT2D eigenvalue weighted by atomic mass is 32.2. The van der Waals surface area contributed by atoms with Crippen LogP contribution in [0.25, 0.3) is 16.8 Å². The van der Waals surface area contributed by atoms with E-state index in [4.69, 9.17) is 0 Å². The molecule has 1 aliphatic carbocycles. The number of fused-ring (bicyclic) bond motifs is 1. The lowest BCUT2D eigenvalue weighted by Gasteiger charge is -2.12. The van der Waals surface area contributed by atoms with Gasteiger partial charge in [0.25, 0.3) is 5.56 Å². The Labute approximate surface area is 159 Å². The van der Waals surface area contributed by atoms with Crippen molar-refractivity contribution in [3.05, 3.63) is 63.7 Å². The summed E-state index contributed by atoms with van der Waals surface area (Å²) in [7, 11) is -3.11. The van der Waals surface area contributed by atoms with Crippen LogP contribution in [0.1, 0.15) is 36.0 Å². The minimum Gasteiger partial charge on any atom is -0.326 e. The van der Waals surface area contributed by atoms with E-state index < -0.39 is 9.84 Å². The summed E-state index contributed by atoms with van der Waals surface area (Å²) in [6.07, 6.45) is 9.49. The van der Waals surface area contributed by atoms with Gasteiger partial charge in [-0.3, -0.25) is 4.79 Å². The normalized spacial score (nSPS) is 14.7. The second-order valence-electron chi connectivity index (χ2n) is 7.76. The second-order valence-corrected chi connectivity index (χ2v) is 9.90. The highest BCUT2D eigenvalue weighted by Crippen LogP contribution is 2.36. The molecule has 0 aliphatic heterocycles. The van der Waals surface area contributed by atoms with Crippen LogP contribution < -0.4 is 5.56 Å². The summed E-state index contributed by atoms with van der Waals surface area (Å²) in [5, 5.41) is 0. The van der Waals surface area contributed by atoms with E-state index in [1.54, 1.807) is 6.20 Å². The molecule has 2 aromatic heterocycles. The largest absolute Gasteiger partial charge is 0.326 e. The molecule has 0 radical (unpaired) electrons. The van der Waals surface area contributed by atoms with Gasteiger partial charge in [0.05, 0.1) is 11.4 Å². The number of aromatic amines is 1. The van der Waals surface area contributed by atoms with Crippen LogP contribution in [0.4, 0.5) is 0 Å². The monoisotopic (exact) mass is 384 g/mol. The minimum atomic E-state index is -3.11. The first kappa shape index (κ1) is 18.0. The van der Waals surface area contributed by atoms with E-state index >= 15 is 0 Å². The van der Waals surface area contributed by atoms with Crippen LogP contribution in [0.3, 0.4) is 0 Å². The molecule has 6 heteroatoms. The lowest BCUT2D eigenvalue weighted by atomic mass is 9.97. The second kappa shape index (κ2) is 6.68. The fourth-order valence-corrected chi connectivity index (χ4v) is 4.58. The Kier molecular flexibility index (Phi) is 4.46. The van der Waals surface area contributed by atoms with Crippen LogP contribution >= 0.6 is 0 Å². The Balaban J connectivity index is 1.87. The molecule has 4 rings (SSSR count). The number of aryl methyl sites for hydroxylation is 2. The topological polar surface area (TPSA) is 71.4 Å². The van der Waals surface area contributed by atoms with Gasteiger partial charge in [0.1, 0.15) is 5.52 Å². The van der Waals surface area contributed by atoms with Crippen LogP contribution in [0.2, 0.25) is 0 Å². The average Bonchev–Trinajstić information content (AvgIpc) is 3.35. The molecule has 1 aromatic carbocycles. The number of benzene rings is 1. The first-order valence-electron chi connectivity index (χ1n) is 9.31. The summed E-state index contributed by atoms with van der Waals surface area (Å²) in [5.74, 6) is 0.841. The highest BCUT2D eigenvalue weighted by Gasteiger charge is 2.22. The Morgan fingerprint density at radius 2 is 2.00 bits per heavy atom. The van der Waals surface area contributed by atoms with Crippen LogP contribution in [0.5, 0.6) is 0 Å². The van der Waals surface area contributed by atoms with E-state index in [1.165, 1.54) is 24.7 Å². The van der Waals surface area contributed by atoms with E-state index in [2.05, 4.69) is 11.1 Å². The van der Waals surface area contributed by atoms with Crippen molar-refractivity contribution in [2.24, 2.45) is 5.92 Å². The number of hydrogen-bond donors (Lipinski definition) is 1. The van der Waals surface area contributed by atoms with Crippen LogP contribution in [-0.2, 0) is 22.0 Å². The zero-order valence-electron chi connectivity index (χ0n) is 15.7. The summed E-state index contributed by atoms with van der Waals surface area (Å²) in [6, 6.07) is 7.97. The van der Waals surface area contributed by atoms with Crippen molar-refractivity contribution >= 4 is 15.4 Å². The van der Waals surface area contributed by atoms with Crippen molar-refractivity contribution in [2.45, 2.75) is 38.4 Å². The summed E-state index contributed by atoms with van der Waals surface area (Å²) < 4.78 is 25.4. The van der Waals surface area contributed by atoms with Gasteiger partial charge in [-0.15, -0.1) is 0 Å². The first-order valence-corrected chi connectivity index (χ1v) is 11.4. The molecule has 0 atom stereocenters. The number of rotatable bonds is 6. The number of sulfone groups is 1. The number of hydrogen-bond acceptors (Lipinski definition) is 3. The minimum absolute atomic E-state index is 0.0196. The van der Waals surface area contributed by atoms with Gasteiger partial charge in [0, 0.05) is 24.2 Å². The molecule has 3 aromatic rings. The van der Waals surface area contributed by atoms with Crippen molar-refractivity contribution in [1.29, 1.82) is 0 Å². The maximum absolute atomic E-state index is 12.3. The molecule has 1 N–H and O–H groups in total. The van der Waals surface area contributed by atoms with Gasteiger partial charge in [0.15, 0.2) is 9.84 Å². The van der Waals surface area contributed by atoms with Gasteiger partial charge in [-0.2, -0.15) is 0 Å². The van der Waals surface area contributed by atoms with Crippen molar-refractivity contribution in [1.82, 2.24) is 9.38 Å². The molecule has 5 nitrogen and oxygen atoms in total. The third-order valence-electron chi connectivity index (χ3n) is 5.28. The zero-order chi connectivity index (χ0) is 19.2. The van der Waals surface area contributed by atoms with Gasteiger partial charge in [-0.25, -0.2) is 8.42 Å². The first-order chi connectivity index (χ1) is 12.8. The molecule has 1 fully saturated rings. The quantitative estimate of drug-likeness (QED) is 0.707. The number of nitrogens with zero attached hydrogens (tertiary/aromatic N) is 1. The maximum Gasteiger partial charge on any atom is 0.272 e. The maximum atomic E-state index is 12.3. The smallest absolute Gasteiger partial charge is 0.272 e. The summed E-state index contributed by atoms with van der Waals surface area (Å²) in [6.45, 7) is 1.93. The lowest BCUT2D eigenvalue weighted by molar-refractivity contribution is 0.601. The molecule has 0 bridgehead atoms. The number of H-pyrrole nitrogens is 1. The van der Waals surface area contributed by atoms with E-state index in [-0.39, 0.29) is 11.3 Å². The van der Waals surface area contributed by atoms with Gasteiger partial charge in [-0.05, 0) is 54.5 Å². The molecule has 2 heterocycles. The van der Waals surface area contributed by atoms with Crippen molar-refractivity contribution in [3.63, 3.8) is 0 Å². The van der Waals surface area contributed by atoms with Crippen LogP contribution in [0, 0.1) is 12.8 Å². The Hall–Kier alpha value is -2.34. The van der Waals surface area contributed by atoms with Gasteiger partial charge in [0.2, 0.25) is 0 Å². The van der Waals surface area contributed by atoms with Gasteiger partial charge < -0.3 is 9.38 Å². The molecular formula is C21H24N2O3S. The highest BCUT2D eigenvalue weighted by molar-refractivity contribution is 7.89.